The topological polar surface area (TPSA) is 150 Å². The lowest BCUT2D eigenvalue weighted by Gasteiger charge is -2.28. The predicted octanol–water partition coefficient (Wildman–Crippen LogP) is 4.01. The normalized spacial score (nSPS) is 25.9. The summed E-state index contributed by atoms with van der Waals surface area (Å²) in [4.78, 5) is 27.3. The second-order valence-electron chi connectivity index (χ2n) is 10.8. The van der Waals surface area contributed by atoms with E-state index in [2.05, 4.69) is 20.0 Å². The van der Waals surface area contributed by atoms with Crippen molar-refractivity contribution < 1.29 is 41.8 Å². The molecule has 0 spiro atoms. The minimum atomic E-state index is -4.55. The maximum atomic E-state index is 16.3. The maximum absolute atomic E-state index is 16.3. The average Bonchev–Trinajstić information content (AvgIpc) is 3.43. The number of nitrogens with one attached hydrogen (secondary N) is 1. The van der Waals surface area contributed by atoms with E-state index in [0.717, 1.165) is 6.92 Å². The Balaban J connectivity index is 1.63. The zero-order valence-corrected chi connectivity index (χ0v) is 25.9. The summed E-state index contributed by atoms with van der Waals surface area (Å²) in [6, 6.07) is 6.60. The number of imidazole rings is 1. The number of carbonyl (C=O) groups is 1. The van der Waals surface area contributed by atoms with Crippen molar-refractivity contribution in [1.29, 1.82) is 0 Å². The summed E-state index contributed by atoms with van der Waals surface area (Å²) in [6.45, 7) is 8.50. The zero-order valence-electron chi connectivity index (χ0n) is 25.0. The molecule has 1 aromatic carbocycles. The second-order valence-corrected chi connectivity index (χ2v) is 12.4. The van der Waals surface area contributed by atoms with Crippen LogP contribution in [-0.4, -0.2) is 80.6 Å². The highest BCUT2D eigenvalue weighted by molar-refractivity contribution is 7.52. The van der Waals surface area contributed by atoms with Crippen molar-refractivity contribution in [1.82, 2.24) is 24.6 Å². The number of anilines is 1. The smallest absolute Gasteiger partial charge is 0.459 e. The molecule has 0 aliphatic carbocycles. The van der Waals surface area contributed by atoms with Crippen LogP contribution in [0, 0.1) is 6.92 Å². The first kappa shape index (κ1) is 32.7. The highest BCUT2D eigenvalue weighted by Gasteiger charge is 2.65. The fraction of sp³-hybridized carbons (Fsp3) is 0.556. The van der Waals surface area contributed by atoms with Crippen LogP contribution >= 0.6 is 7.75 Å². The first-order valence-electron chi connectivity index (χ1n) is 13.7. The van der Waals surface area contributed by atoms with Gasteiger partial charge in [-0.15, -0.1) is 0 Å². The summed E-state index contributed by atoms with van der Waals surface area (Å²) in [7, 11) is -2.76. The number of aliphatic hydroxyl groups excluding tert-OH is 1. The van der Waals surface area contributed by atoms with Gasteiger partial charge in [0.1, 0.15) is 24.2 Å². The van der Waals surface area contributed by atoms with Crippen molar-refractivity contribution in [3.8, 4) is 5.75 Å². The van der Waals surface area contributed by atoms with Gasteiger partial charge in [0.25, 0.3) is 5.85 Å². The number of halogens is 2. The number of benzene rings is 1. The number of aryl methyl sites for hydroxylation is 1. The molecule has 1 fully saturated rings. The van der Waals surface area contributed by atoms with Gasteiger partial charge >= 0.3 is 13.7 Å². The van der Waals surface area contributed by atoms with E-state index in [-0.39, 0.29) is 11.4 Å². The summed E-state index contributed by atoms with van der Waals surface area (Å²) in [5, 5.41) is 13.3. The molecule has 16 heteroatoms. The number of aromatic nitrogens is 4. The molecule has 3 heterocycles. The molecule has 2 N–H and O–H groups in total. The van der Waals surface area contributed by atoms with Gasteiger partial charge in [0.05, 0.1) is 12.4 Å². The van der Waals surface area contributed by atoms with Gasteiger partial charge in [-0.25, -0.2) is 28.3 Å². The number of esters is 1. The molecule has 236 valence electrons. The predicted molar refractivity (Wildman–Crippen MR) is 153 cm³/mol. The van der Waals surface area contributed by atoms with Crippen molar-refractivity contribution in [3.63, 3.8) is 0 Å². The number of ether oxygens (including phenoxy) is 2. The standard InChI is InChI=1S/C27H37F2N6O7P/c1-8-34(7)21-20-22(32-18(5)31-21)35(15-30-20)25-26(6,28)24(37)27(29,41-25)14-39-43(38,42-19-12-10-9-11-13-19)33-17(4)23(36)40-16(2)3/h9-13,15-17,24-25,37H,8,14H2,1-7H3,(H,33,38)/t17-,24-,25+,26+,27+,43+/m0/s1. The number of alkyl halides is 2. The molecule has 1 aliphatic heterocycles. The Morgan fingerprint density at radius 3 is 2.56 bits per heavy atom. The van der Waals surface area contributed by atoms with E-state index in [1.54, 1.807) is 46.0 Å². The molecule has 6 atom stereocenters. The molecule has 0 saturated carbocycles. The molecule has 1 saturated heterocycles. The Morgan fingerprint density at radius 1 is 1.26 bits per heavy atom. The minimum Gasteiger partial charge on any atom is -0.462 e. The van der Waals surface area contributed by atoms with Crippen LogP contribution in [0.3, 0.4) is 0 Å². The Morgan fingerprint density at radius 2 is 1.93 bits per heavy atom. The fourth-order valence-electron chi connectivity index (χ4n) is 4.47. The lowest BCUT2D eigenvalue weighted by atomic mass is 9.97. The third-order valence-electron chi connectivity index (χ3n) is 6.79. The van der Waals surface area contributed by atoms with Gasteiger partial charge in [0.15, 0.2) is 35.0 Å². The van der Waals surface area contributed by atoms with Gasteiger partial charge in [0.2, 0.25) is 0 Å². The van der Waals surface area contributed by atoms with Crippen molar-refractivity contribution in [2.45, 2.75) is 77.5 Å². The Hall–Kier alpha value is -3.23. The van der Waals surface area contributed by atoms with Crippen LogP contribution in [0.1, 0.15) is 46.7 Å². The minimum absolute atomic E-state index is 0.0737. The number of fused-ring (bicyclic) bond motifs is 1. The average molecular weight is 627 g/mol. The van der Waals surface area contributed by atoms with Crippen LogP contribution in [0.4, 0.5) is 14.6 Å². The first-order valence-corrected chi connectivity index (χ1v) is 15.3. The highest BCUT2D eigenvalue weighted by atomic mass is 31.2. The summed E-state index contributed by atoms with van der Waals surface area (Å²) >= 11 is 0. The maximum Gasteiger partial charge on any atom is 0.459 e. The van der Waals surface area contributed by atoms with E-state index in [9.17, 15) is 14.5 Å². The van der Waals surface area contributed by atoms with Crippen molar-refractivity contribution in [2.75, 3.05) is 25.1 Å². The molecule has 0 radical (unpaired) electrons. The van der Waals surface area contributed by atoms with Crippen molar-refractivity contribution in [3.05, 3.63) is 42.5 Å². The third-order valence-corrected chi connectivity index (χ3v) is 8.42. The van der Waals surface area contributed by atoms with Crippen LogP contribution in [0.25, 0.3) is 11.2 Å². The Labute approximate surface area is 248 Å². The number of rotatable bonds is 12. The Kier molecular flexibility index (Phi) is 9.43. The van der Waals surface area contributed by atoms with E-state index in [0.29, 0.717) is 23.7 Å². The van der Waals surface area contributed by atoms with Crippen LogP contribution in [-0.2, 0) is 23.4 Å². The second kappa shape index (κ2) is 12.4. The SMILES string of the molecule is CCN(C)c1nc(C)nc2c1ncn2[C@@H]1O[C@](F)(CO[P@](=O)(N[C@@H](C)C(=O)OC(C)C)Oc2ccccc2)[C@@H](O)[C@@]1(C)F. The van der Waals surface area contributed by atoms with Gasteiger partial charge < -0.3 is 24.0 Å². The summed E-state index contributed by atoms with van der Waals surface area (Å²) < 4.78 is 68.9. The number of hydrogen-bond donors (Lipinski definition) is 2. The van der Waals surface area contributed by atoms with Crippen LogP contribution < -0.4 is 14.5 Å². The van der Waals surface area contributed by atoms with Gasteiger partial charge in [-0.2, -0.15) is 5.09 Å². The number of nitrogens with zero attached hydrogens (tertiary/aromatic N) is 5. The molecule has 2 aromatic heterocycles. The third kappa shape index (κ3) is 6.80. The van der Waals surface area contributed by atoms with Crippen molar-refractivity contribution >= 4 is 30.7 Å². The quantitative estimate of drug-likeness (QED) is 0.221. The molecular weight excluding hydrogens is 589 g/mol. The van der Waals surface area contributed by atoms with Crippen LogP contribution in [0.15, 0.2) is 36.7 Å². The molecule has 1 aliphatic rings. The zero-order chi connectivity index (χ0) is 31.7. The lowest BCUT2D eigenvalue weighted by Crippen LogP contribution is -2.47. The molecule has 0 unspecified atom stereocenters. The number of para-hydroxylation sites is 1. The van der Waals surface area contributed by atoms with E-state index >= 15 is 8.78 Å². The summed E-state index contributed by atoms with van der Waals surface area (Å²) in [5.41, 5.74) is -2.25. The van der Waals surface area contributed by atoms with Crippen LogP contribution in [0.2, 0.25) is 0 Å². The van der Waals surface area contributed by atoms with E-state index in [4.69, 9.17) is 18.5 Å². The molecule has 13 nitrogen and oxygen atoms in total. The highest BCUT2D eigenvalue weighted by Crippen LogP contribution is 2.52. The fourth-order valence-corrected chi connectivity index (χ4v) is 5.97. The molecule has 43 heavy (non-hydrogen) atoms. The van der Waals surface area contributed by atoms with Gasteiger partial charge in [-0.05, 0) is 53.7 Å². The number of carbonyl (C=O) groups excluding carboxylic acids is 1. The van der Waals surface area contributed by atoms with Gasteiger partial charge in [0, 0.05) is 13.6 Å². The molecule has 4 rings (SSSR count). The number of hydrogen-bond acceptors (Lipinski definition) is 11. The van der Waals surface area contributed by atoms with Gasteiger partial charge in [-0.1, -0.05) is 18.2 Å². The van der Waals surface area contributed by atoms with E-state index < -0.39 is 56.3 Å². The Bertz CT molecular complexity index is 1490. The molecular formula is C27H37F2N6O7P. The van der Waals surface area contributed by atoms with E-state index in [1.165, 1.54) is 30.0 Å². The molecule has 3 aromatic rings. The molecule has 0 bridgehead atoms. The van der Waals surface area contributed by atoms with E-state index in [1.807, 2.05) is 11.8 Å². The van der Waals surface area contributed by atoms with Crippen LogP contribution in [0.5, 0.6) is 5.75 Å². The summed E-state index contributed by atoms with van der Waals surface area (Å²) in [6.07, 6.45) is -3.40. The largest absolute Gasteiger partial charge is 0.462 e. The van der Waals surface area contributed by atoms with Crippen molar-refractivity contribution in [2.24, 2.45) is 0 Å². The molecule has 0 amide bonds. The first-order chi connectivity index (χ1) is 20.1. The van der Waals surface area contributed by atoms with Gasteiger partial charge in [-0.3, -0.25) is 13.9 Å². The number of aliphatic hydroxyl groups is 1. The monoisotopic (exact) mass is 626 g/mol. The summed E-state index contributed by atoms with van der Waals surface area (Å²) in [5.74, 6) is -3.07. The lowest BCUT2D eigenvalue weighted by molar-refractivity contribution is -0.202.